The van der Waals surface area contributed by atoms with Crippen LogP contribution >= 0.6 is 0 Å². The fourth-order valence-corrected chi connectivity index (χ4v) is 4.67. The monoisotopic (exact) mass is 435 g/mol. The third-order valence-electron chi connectivity index (χ3n) is 6.66. The Morgan fingerprint density at radius 2 is 1.69 bits per heavy atom. The van der Waals surface area contributed by atoms with Gasteiger partial charge in [0.25, 0.3) is 5.91 Å². The van der Waals surface area contributed by atoms with E-state index in [0.717, 1.165) is 81.7 Å². The number of anilines is 3. The Bertz CT molecular complexity index is 935. The molecule has 3 aliphatic rings. The highest BCUT2D eigenvalue weighted by molar-refractivity contribution is 5.95. The van der Waals surface area contributed by atoms with E-state index in [-0.39, 0.29) is 5.91 Å². The first kappa shape index (κ1) is 21.1. The predicted octanol–water partition coefficient (Wildman–Crippen LogP) is 2.61. The van der Waals surface area contributed by atoms with Crippen molar-refractivity contribution < 1.29 is 14.3 Å². The molecule has 5 rings (SSSR count). The minimum Gasteiger partial charge on any atom is -0.478 e. The van der Waals surface area contributed by atoms with Crippen LogP contribution in [0, 0.1) is 0 Å². The summed E-state index contributed by atoms with van der Waals surface area (Å²) in [6, 6.07) is 14.4. The highest BCUT2D eigenvalue weighted by Gasteiger charge is 2.29. The van der Waals surface area contributed by atoms with Gasteiger partial charge in [0.05, 0.1) is 18.9 Å². The van der Waals surface area contributed by atoms with Gasteiger partial charge in [0, 0.05) is 50.6 Å². The number of fused-ring (bicyclic) bond motifs is 1. The normalized spacial score (nSPS) is 21.6. The highest BCUT2D eigenvalue weighted by atomic mass is 16.5. The first-order valence-electron chi connectivity index (χ1n) is 11.6. The van der Waals surface area contributed by atoms with Gasteiger partial charge in [0.15, 0.2) is 6.10 Å². The maximum absolute atomic E-state index is 13.0. The second-order valence-electron chi connectivity index (χ2n) is 8.84. The third kappa shape index (κ3) is 4.54. The van der Waals surface area contributed by atoms with Crippen LogP contribution in [0.2, 0.25) is 0 Å². The van der Waals surface area contributed by atoms with E-state index in [4.69, 9.17) is 9.47 Å². The lowest BCUT2D eigenvalue weighted by Gasteiger charge is -2.36. The average Bonchev–Trinajstić information content (AvgIpc) is 2.85. The molecule has 0 unspecified atom stereocenters. The zero-order valence-electron chi connectivity index (χ0n) is 18.8. The molecule has 2 aromatic carbocycles. The lowest BCUT2D eigenvalue weighted by molar-refractivity contribution is -0.123. The molecule has 0 spiro atoms. The van der Waals surface area contributed by atoms with Crippen LogP contribution in [0.5, 0.6) is 5.75 Å². The molecule has 0 bridgehead atoms. The molecule has 3 heterocycles. The van der Waals surface area contributed by atoms with Gasteiger partial charge in [0.1, 0.15) is 5.75 Å². The second-order valence-corrected chi connectivity index (χ2v) is 8.84. The standard InChI is InChI=1S/C25H32N4O3/c1-27-11-13-29(14-12-27)22-4-2-3-19-5-10-23(32-24(19)22)25(30)26-20-6-8-21(9-7-20)28-15-17-31-18-16-28/h2-4,6-9,23H,5,10-18H2,1H3,(H,26,30)/t23-/m1/s1/i1-1. The zero-order chi connectivity index (χ0) is 21.9. The molecule has 7 nitrogen and oxygen atoms in total. The fourth-order valence-electron chi connectivity index (χ4n) is 4.67. The minimum atomic E-state index is -0.477. The number of piperazine rings is 1. The summed E-state index contributed by atoms with van der Waals surface area (Å²) in [6.45, 7) is 7.34. The number of para-hydroxylation sites is 1. The van der Waals surface area contributed by atoms with Crippen LogP contribution < -0.4 is 19.9 Å². The van der Waals surface area contributed by atoms with Crippen LogP contribution in [0.1, 0.15) is 12.0 Å². The minimum absolute atomic E-state index is 0.0806. The summed E-state index contributed by atoms with van der Waals surface area (Å²) in [5, 5.41) is 3.05. The SMILES string of the molecule is [11CH3]N1CCN(c2cccc3c2O[C@@H](C(=O)Nc2ccc(N4CCOCC4)cc2)CC3)CC1. The summed E-state index contributed by atoms with van der Waals surface area (Å²) < 4.78 is 11.7. The number of rotatable bonds is 4. The molecule has 0 saturated carbocycles. The van der Waals surface area contributed by atoms with E-state index < -0.39 is 6.10 Å². The van der Waals surface area contributed by atoms with Crippen molar-refractivity contribution in [3.05, 3.63) is 48.0 Å². The Balaban J connectivity index is 1.25. The maximum atomic E-state index is 13.0. The lowest BCUT2D eigenvalue weighted by Crippen LogP contribution is -2.45. The topological polar surface area (TPSA) is 57.3 Å². The smallest absolute Gasteiger partial charge is 0.265 e. The zero-order valence-corrected chi connectivity index (χ0v) is 18.8. The van der Waals surface area contributed by atoms with Crippen LogP contribution in [0.4, 0.5) is 17.1 Å². The van der Waals surface area contributed by atoms with Crippen molar-refractivity contribution in [1.29, 1.82) is 0 Å². The van der Waals surface area contributed by atoms with Gasteiger partial charge < -0.3 is 29.5 Å². The summed E-state index contributed by atoms with van der Waals surface area (Å²) in [4.78, 5) is 20.0. The number of aryl methyl sites for hydroxylation is 1. The maximum Gasteiger partial charge on any atom is 0.265 e. The summed E-state index contributed by atoms with van der Waals surface area (Å²) >= 11 is 0. The number of hydrogen-bond acceptors (Lipinski definition) is 6. The Morgan fingerprint density at radius 3 is 2.44 bits per heavy atom. The molecule has 0 radical (unpaired) electrons. The van der Waals surface area contributed by atoms with E-state index in [1.807, 2.05) is 12.1 Å². The molecular formula is C25H32N4O3. The van der Waals surface area contributed by atoms with Crippen molar-refractivity contribution >= 4 is 23.0 Å². The van der Waals surface area contributed by atoms with E-state index in [1.54, 1.807) is 0 Å². The summed E-state index contributed by atoms with van der Waals surface area (Å²) in [5.74, 6) is 0.800. The largest absolute Gasteiger partial charge is 0.478 e. The van der Waals surface area contributed by atoms with Gasteiger partial charge in [-0.3, -0.25) is 4.79 Å². The Kier molecular flexibility index (Phi) is 6.19. The van der Waals surface area contributed by atoms with Gasteiger partial charge in [-0.05, 0) is 55.8 Å². The van der Waals surface area contributed by atoms with Crippen molar-refractivity contribution in [3.8, 4) is 5.75 Å². The number of ether oxygens (including phenoxy) is 2. The number of nitrogens with one attached hydrogen (secondary N) is 1. The van der Waals surface area contributed by atoms with Crippen molar-refractivity contribution in [1.82, 2.24) is 4.90 Å². The molecule has 32 heavy (non-hydrogen) atoms. The molecule has 170 valence electrons. The van der Waals surface area contributed by atoms with Gasteiger partial charge in [-0.1, -0.05) is 12.1 Å². The predicted molar refractivity (Wildman–Crippen MR) is 127 cm³/mol. The number of morpholine rings is 1. The van der Waals surface area contributed by atoms with E-state index in [0.29, 0.717) is 6.42 Å². The van der Waals surface area contributed by atoms with Crippen LogP contribution in [0.3, 0.4) is 0 Å². The van der Waals surface area contributed by atoms with Gasteiger partial charge in [-0.2, -0.15) is 0 Å². The number of hydrogen-bond donors (Lipinski definition) is 1. The molecule has 3 aliphatic heterocycles. The van der Waals surface area contributed by atoms with Gasteiger partial charge >= 0.3 is 0 Å². The van der Waals surface area contributed by atoms with E-state index in [9.17, 15) is 4.79 Å². The fraction of sp³-hybridized carbons (Fsp3) is 0.480. The number of carbonyl (C=O) groups excluding carboxylic acids is 1. The number of carbonyl (C=O) groups is 1. The Morgan fingerprint density at radius 1 is 0.938 bits per heavy atom. The number of nitrogens with zero attached hydrogens (tertiary/aromatic N) is 3. The number of amides is 1. The molecule has 2 saturated heterocycles. The molecule has 1 N–H and O–H groups in total. The quantitative estimate of drug-likeness (QED) is 0.797. The molecule has 7 heteroatoms. The van der Waals surface area contributed by atoms with E-state index in [2.05, 4.69) is 57.4 Å². The molecule has 2 fully saturated rings. The number of benzene rings is 2. The van der Waals surface area contributed by atoms with Crippen LogP contribution in [-0.2, 0) is 16.0 Å². The average molecular weight is 436 g/mol. The Hall–Kier alpha value is -2.77. The van der Waals surface area contributed by atoms with Crippen molar-refractivity contribution in [2.24, 2.45) is 0 Å². The second kappa shape index (κ2) is 9.38. The van der Waals surface area contributed by atoms with Crippen LogP contribution in [0.15, 0.2) is 42.5 Å². The molecule has 1 atom stereocenters. The Labute approximate surface area is 189 Å². The third-order valence-corrected chi connectivity index (χ3v) is 6.66. The van der Waals surface area contributed by atoms with Crippen molar-refractivity contribution in [2.75, 3.05) is 74.6 Å². The van der Waals surface area contributed by atoms with Crippen LogP contribution in [-0.4, -0.2) is 76.4 Å². The van der Waals surface area contributed by atoms with Crippen molar-refractivity contribution in [2.45, 2.75) is 18.9 Å². The molecule has 1 amide bonds. The first-order chi connectivity index (χ1) is 15.7. The summed E-state index contributed by atoms with van der Waals surface area (Å²) in [5.41, 5.74) is 4.27. The van der Waals surface area contributed by atoms with Crippen molar-refractivity contribution in [3.63, 3.8) is 0 Å². The molecular weight excluding hydrogens is 403 g/mol. The van der Waals surface area contributed by atoms with Gasteiger partial charge in [0.2, 0.25) is 0 Å². The molecule has 2 aromatic rings. The summed E-state index contributed by atoms with van der Waals surface area (Å²) in [7, 11) is 2.15. The van der Waals surface area contributed by atoms with Gasteiger partial charge in [-0.15, -0.1) is 0 Å². The van der Waals surface area contributed by atoms with E-state index >= 15 is 0 Å². The van der Waals surface area contributed by atoms with Gasteiger partial charge in [-0.25, -0.2) is 0 Å². The summed E-state index contributed by atoms with van der Waals surface area (Å²) in [6.07, 6.45) is 1.07. The number of likely N-dealkylation sites (N-methyl/N-ethyl adjacent to an activating group) is 1. The highest BCUT2D eigenvalue weighted by Crippen LogP contribution is 2.38. The molecule has 0 aliphatic carbocycles. The molecule has 0 aromatic heterocycles. The van der Waals surface area contributed by atoms with E-state index in [1.165, 1.54) is 5.56 Å². The first-order valence-corrected chi connectivity index (χ1v) is 11.6. The lowest BCUT2D eigenvalue weighted by atomic mass is 10.00. The van der Waals surface area contributed by atoms with Crippen LogP contribution in [0.25, 0.3) is 0 Å².